The molecule has 6 heteroatoms. The van der Waals surface area contributed by atoms with Crippen LogP contribution < -0.4 is 5.43 Å². The third kappa shape index (κ3) is 3.57. The van der Waals surface area contributed by atoms with E-state index in [4.69, 9.17) is 11.6 Å². The molecule has 1 aromatic carbocycles. The Kier molecular flexibility index (Phi) is 4.72. The van der Waals surface area contributed by atoms with E-state index in [2.05, 4.69) is 25.8 Å². The van der Waals surface area contributed by atoms with Crippen molar-refractivity contribution in [3.8, 4) is 11.3 Å². The van der Waals surface area contributed by atoms with Crippen LogP contribution >= 0.6 is 11.6 Å². The molecule has 1 N–H and O–H groups in total. The predicted octanol–water partition coefficient (Wildman–Crippen LogP) is 4.01. The lowest BCUT2D eigenvalue weighted by atomic mass is 9.85. The normalized spacial score (nSPS) is 12.5. The number of hydrogen-bond acceptors (Lipinski definition) is 3. The highest BCUT2D eigenvalue weighted by atomic mass is 35.5. The van der Waals surface area contributed by atoms with E-state index < -0.39 is 15.3 Å². The third-order valence-electron chi connectivity index (χ3n) is 3.95. The van der Waals surface area contributed by atoms with E-state index in [1.807, 2.05) is 19.1 Å². The smallest absolute Gasteiger partial charge is 0.201 e. The molecule has 0 saturated heterocycles. The van der Waals surface area contributed by atoms with Gasteiger partial charge in [-0.15, -0.1) is 0 Å². The van der Waals surface area contributed by atoms with E-state index in [-0.39, 0.29) is 10.3 Å². The molecule has 0 aliphatic rings. The van der Waals surface area contributed by atoms with Gasteiger partial charge in [-0.1, -0.05) is 38.4 Å². The van der Waals surface area contributed by atoms with Crippen LogP contribution in [0.3, 0.4) is 0 Å². The molecular weight excluding hydrogens is 346 g/mol. The van der Waals surface area contributed by atoms with E-state index in [1.54, 1.807) is 6.92 Å². The highest BCUT2D eigenvalue weighted by Crippen LogP contribution is 2.34. The third-order valence-corrected chi connectivity index (χ3v) is 5.51. The number of aromatic amines is 1. The summed E-state index contributed by atoms with van der Waals surface area (Å²) in [6, 6.07) is 5.15. The van der Waals surface area contributed by atoms with Crippen molar-refractivity contribution in [2.45, 2.75) is 44.9 Å². The highest BCUT2D eigenvalue weighted by Gasteiger charge is 2.21. The summed E-state index contributed by atoms with van der Waals surface area (Å²) >= 11 is 6.43. The maximum Gasteiger partial charge on any atom is 0.201 e. The zero-order chi connectivity index (χ0) is 18.4. The van der Waals surface area contributed by atoms with E-state index in [0.29, 0.717) is 16.4 Å². The van der Waals surface area contributed by atoms with Crippen LogP contribution in [0.1, 0.15) is 37.6 Å². The van der Waals surface area contributed by atoms with Gasteiger partial charge in [0.1, 0.15) is 4.90 Å². The number of nitrogens with one attached hydrogen (secondary N) is 1. The Labute approximate surface area is 147 Å². The van der Waals surface area contributed by atoms with Gasteiger partial charge in [0.15, 0.2) is 9.84 Å². The molecule has 130 valence electrons. The van der Waals surface area contributed by atoms with E-state index in [0.717, 1.165) is 22.9 Å². The van der Waals surface area contributed by atoms with Crippen LogP contribution in [-0.2, 0) is 15.3 Å². The van der Waals surface area contributed by atoms with Gasteiger partial charge in [-0.25, -0.2) is 8.42 Å². The molecule has 0 atom stereocenters. The van der Waals surface area contributed by atoms with Crippen molar-refractivity contribution in [1.82, 2.24) is 4.98 Å². The molecule has 2 aromatic rings. The Morgan fingerprint density at radius 1 is 1.08 bits per heavy atom. The highest BCUT2D eigenvalue weighted by molar-refractivity contribution is 7.90. The minimum atomic E-state index is -3.58. The van der Waals surface area contributed by atoms with Crippen molar-refractivity contribution >= 4 is 21.4 Å². The lowest BCUT2D eigenvalue weighted by molar-refractivity contribution is 0.590. The Morgan fingerprint density at radius 2 is 1.67 bits per heavy atom. The van der Waals surface area contributed by atoms with Crippen molar-refractivity contribution < 1.29 is 8.42 Å². The number of aromatic nitrogens is 1. The Balaban J connectivity index is 2.71. The van der Waals surface area contributed by atoms with Crippen LogP contribution in [-0.4, -0.2) is 19.7 Å². The number of H-pyrrole nitrogens is 1. The molecule has 0 aliphatic heterocycles. The maximum atomic E-state index is 12.3. The molecule has 24 heavy (non-hydrogen) atoms. The summed E-state index contributed by atoms with van der Waals surface area (Å²) in [7, 11) is -3.58. The summed E-state index contributed by atoms with van der Waals surface area (Å²) < 4.78 is 23.5. The van der Waals surface area contributed by atoms with Crippen LogP contribution in [0.2, 0.25) is 5.02 Å². The van der Waals surface area contributed by atoms with Gasteiger partial charge in [-0.2, -0.15) is 0 Å². The van der Waals surface area contributed by atoms with Gasteiger partial charge in [0.25, 0.3) is 0 Å². The molecule has 2 rings (SSSR count). The summed E-state index contributed by atoms with van der Waals surface area (Å²) in [4.78, 5) is 15.1. The minimum Gasteiger partial charge on any atom is -0.357 e. The average molecular weight is 368 g/mol. The van der Waals surface area contributed by atoms with E-state index >= 15 is 0 Å². The number of sulfone groups is 1. The number of aryl methyl sites for hydroxylation is 2. The average Bonchev–Trinajstić information content (AvgIpc) is 2.37. The molecule has 0 amide bonds. The standard InChI is InChI=1S/C18H22ClNO3S/c1-10-7-13(18(3,4)5)14(19)8-12(10)15-9-16(21)17(11(2)20-15)24(6,22)23/h7-9H,1-6H3,(H,20,21). The minimum absolute atomic E-state index is 0.0934. The molecular formula is C18H22ClNO3S. The van der Waals surface area contributed by atoms with E-state index in [9.17, 15) is 13.2 Å². The van der Waals surface area contributed by atoms with Crippen molar-refractivity contribution in [3.05, 3.63) is 50.3 Å². The number of benzene rings is 1. The molecule has 0 spiro atoms. The Hall–Kier alpha value is -1.59. The lowest BCUT2D eigenvalue weighted by Gasteiger charge is -2.22. The van der Waals surface area contributed by atoms with Crippen molar-refractivity contribution in [2.75, 3.05) is 6.26 Å². The molecule has 0 unspecified atom stereocenters. The lowest BCUT2D eigenvalue weighted by Crippen LogP contribution is -2.17. The summed E-state index contributed by atoms with van der Waals surface area (Å²) in [5.74, 6) is 0. The second-order valence-corrected chi connectivity index (χ2v) is 9.53. The molecule has 0 radical (unpaired) electrons. The Bertz CT molecular complexity index is 967. The van der Waals surface area contributed by atoms with Crippen LogP contribution in [0.5, 0.6) is 0 Å². The van der Waals surface area contributed by atoms with Gasteiger partial charge in [0, 0.05) is 34.3 Å². The van der Waals surface area contributed by atoms with Crippen LogP contribution in [0.4, 0.5) is 0 Å². The summed E-state index contributed by atoms with van der Waals surface area (Å²) in [6.45, 7) is 9.78. The number of pyridine rings is 1. The molecule has 0 saturated carbocycles. The second-order valence-electron chi connectivity index (χ2n) is 7.17. The molecule has 1 heterocycles. The molecule has 1 aromatic heterocycles. The number of hydrogen-bond donors (Lipinski definition) is 1. The largest absolute Gasteiger partial charge is 0.357 e. The van der Waals surface area contributed by atoms with E-state index in [1.165, 1.54) is 6.07 Å². The zero-order valence-corrected chi connectivity index (χ0v) is 16.3. The SMILES string of the molecule is Cc1cc(C(C)(C)C)c(Cl)cc1-c1cc(=O)c(S(C)(=O)=O)c(C)[nH]1. The summed E-state index contributed by atoms with van der Waals surface area (Å²) in [5, 5.41) is 0.619. The number of halogens is 1. The first-order valence-electron chi connectivity index (χ1n) is 7.57. The molecule has 0 aliphatic carbocycles. The predicted molar refractivity (Wildman–Crippen MR) is 98.8 cm³/mol. The van der Waals surface area contributed by atoms with Crippen LogP contribution in [0.15, 0.2) is 27.9 Å². The van der Waals surface area contributed by atoms with Gasteiger partial charge < -0.3 is 4.98 Å². The zero-order valence-electron chi connectivity index (χ0n) is 14.7. The molecule has 0 fully saturated rings. The fourth-order valence-electron chi connectivity index (χ4n) is 2.83. The topological polar surface area (TPSA) is 67.0 Å². The molecule has 4 nitrogen and oxygen atoms in total. The van der Waals surface area contributed by atoms with Gasteiger partial charge >= 0.3 is 0 Å². The fraction of sp³-hybridized carbons (Fsp3) is 0.389. The van der Waals surface area contributed by atoms with Gasteiger partial charge in [-0.3, -0.25) is 4.79 Å². The van der Waals surface area contributed by atoms with Gasteiger partial charge in [-0.05, 0) is 36.5 Å². The van der Waals surface area contributed by atoms with Crippen LogP contribution in [0.25, 0.3) is 11.3 Å². The van der Waals surface area contributed by atoms with Crippen molar-refractivity contribution in [2.24, 2.45) is 0 Å². The maximum absolute atomic E-state index is 12.3. The van der Waals surface area contributed by atoms with Crippen LogP contribution in [0, 0.1) is 13.8 Å². The van der Waals surface area contributed by atoms with Gasteiger partial charge in [0.2, 0.25) is 5.43 Å². The number of rotatable bonds is 2. The first kappa shape index (κ1) is 18.7. The van der Waals surface area contributed by atoms with Gasteiger partial charge in [0.05, 0.1) is 0 Å². The van der Waals surface area contributed by atoms with Crippen molar-refractivity contribution in [3.63, 3.8) is 0 Å². The quantitative estimate of drug-likeness (QED) is 0.871. The molecule has 0 bridgehead atoms. The first-order valence-corrected chi connectivity index (χ1v) is 9.84. The van der Waals surface area contributed by atoms with Crippen molar-refractivity contribution in [1.29, 1.82) is 0 Å². The Morgan fingerprint density at radius 3 is 2.12 bits per heavy atom. The monoisotopic (exact) mass is 367 g/mol. The first-order chi connectivity index (χ1) is 10.8. The summed E-state index contributed by atoms with van der Waals surface area (Å²) in [6.07, 6.45) is 1.03. The fourth-order valence-corrected chi connectivity index (χ4v) is 4.31. The second kappa shape index (κ2) is 6.05. The summed E-state index contributed by atoms with van der Waals surface area (Å²) in [5.41, 5.74) is 3.06.